The Bertz CT molecular complexity index is 275. The third-order valence-corrected chi connectivity index (χ3v) is 3.00. The maximum Gasteiger partial charge on any atom is 0.210 e. The quantitative estimate of drug-likeness (QED) is 0.657. The first-order valence-electron chi connectivity index (χ1n) is 4.95. The summed E-state index contributed by atoms with van der Waals surface area (Å²) in [4.78, 5) is 0. The van der Waals surface area contributed by atoms with Crippen LogP contribution in [-0.4, -0.2) is 39.5 Å². The fourth-order valence-corrected chi connectivity index (χ4v) is 1.74. The number of primary sulfonamides is 1. The molecule has 0 spiro atoms. The van der Waals surface area contributed by atoms with E-state index in [-0.39, 0.29) is 17.4 Å². The van der Waals surface area contributed by atoms with Crippen molar-refractivity contribution in [3.8, 4) is 0 Å². The summed E-state index contributed by atoms with van der Waals surface area (Å²) in [5.41, 5.74) is -0.200. The summed E-state index contributed by atoms with van der Waals surface area (Å²) in [6.07, 6.45) is 0.814. The van der Waals surface area contributed by atoms with Crippen molar-refractivity contribution in [3.05, 3.63) is 0 Å². The zero-order valence-electron chi connectivity index (χ0n) is 9.91. The number of rotatable bonds is 7. The highest BCUT2D eigenvalue weighted by molar-refractivity contribution is 7.89. The van der Waals surface area contributed by atoms with Gasteiger partial charge >= 0.3 is 0 Å². The van der Waals surface area contributed by atoms with Crippen LogP contribution >= 0.6 is 0 Å². The Morgan fingerprint density at radius 3 is 2.40 bits per heavy atom. The molecule has 0 aromatic rings. The minimum Gasteiger partial charge on any atom is -0.379 e. The Labute approximate surface area is 92.4 Å². The molecule has 3 N–H and O–H groups in total. The van der Waals surface area contributed by atoms with E-state index in [2.05, 4.69) is 5.32 Å². The molecule has 0 bridgehead atoms. The van der Waals surface area contributed by atoms with Gasteiger partial charge in [-0.05, 0) is 27.2 Å². The van der Waals surface area contributed by atoms with Gasteiger partial charge in [0.2, 0.25) is 10.0 Å². The molecule has 5 nitrogen and oxygen atoms in total. The molecular formula is C9H22N2O3S. The minimum atomic E-state index is -3.36. The van der Waals surface area contributed by atoms with Gasteiger partial charge in [-0.25, -0.2) is 13.6 Å². The van der Waals surface area contributed by atoms with Crippen LogP contribution in [0.25, 0.3) is 0 Å². The molecule has 0 heterocycles. The van der Waals surface area contributed by atoms with E-state index >= 15 is 0 Å². The van der Waals surface area contributed by atoms with Gasteiger partial charge in [-0.2, -0.15) is 0 Å². The molecule has 0 aliphatic heterocycles. The molecule has 15 heavy (non-hydrogen) atoms. The van der Waals surface area contributed by atoms with Gasteiger partial charge in [0.25, 0.3) is 0 Å². The number of hydrogen-bond acceptors (Lipinski definition) is 4. The van der Waals surface area contributed by atoms with Crippen LogP contribution in [0.2, 0.25) is 0 Å². The average molecular weight is 238 g/mol. The lowest BCUT2D eigenvalue weighted by Crippen LogP contribution is -2.38. The van der Waals surface area contributed by atoms with Gasteiger partial charge in [0.15, 0.2) is 0 Å². The van der Waals surface area contributed by atoms with Gasteiger partial charge < -0.3 is 10.1 Å². The summed E-state index contributed by atoms with van der Waals surface area (Å²) in [6.45, 7) is 6.35. The van der Waals surface area contributed by atoms with E-state index < -0.39 is 10.0 Å². The summed E-state index contributed by atoms with van der Waals surface area (Å²) in [7, 11) is -1.70. The van der Waals surface area contributed by atoms with Gasteiger partial charge in [-0.1, -0.05) is 0 Å². The lowest BCUT2D eigenvalue weighted by Gasteiger charge is -2.27. The van der Waals surface area contributed by atoms with Gasteiger partial charge in [0.1, 0.15) is 0 Å². The van der Waals surface area contributed by atoms with E-state index in [4.69, 9.17) is 9.88 Å². The van der Waals surface area contributed by atoms with Gasteiger partial charge in [0.05, 0.1) is 11.4 Å². The molecule has 0 fully saturated rings. The number of nitrogens with one attached hydrogen (secondary N) is 1. The van der Waals surface area contributed by atoms with Crippen LogP contribution in [0.3, 0.4) is 0 Å². The second kappa shape index (κ2) is 5.79. The lowest BCUT2D eigenvalue weighted by molar-refractivity contribution is 0.00876. The molecule has 0 aliphatic rings. The summed E-state index contributed by atoms with van der Waals surface area (Å²) >= 11 is 0. The standard InChI is InChI=1S/C9H22N2O3S/c1-8(7-9(2,3)14-4)11-5-6-15(10,12)13/h8,11H,5-7H2,1-4H3,(H2,10,12,13). The van der Waals surface area contributed by atoms with E-state index in [0.717, 1.165) is 6.42 Å². The Morgan fingerprint density at radius 2 is 2.00 bits per heavy atom. The van der Waals surface area contributed by atoms with E-state index in [1.165, 1.54) is 0 Å². The molecular weight excluding hydrogens is 216 g/mol. The highest BCUT2D eigenvalue weighted by Gasteiger charge is 2.19. The topological polar surface area (TPSA) is 81.4 Å². The van der Waals surface area contributed by atoms with Crippen LogP contribution < -0.4 is 10.5 Å². The number of nitrogens with two attached hydrogens (primary N) is 1. The number of hydrogen-bond donors (Lipinski definition) is 2. The highest BCUT2D eigenvalue weighted by Crippen LogP contribution is 2.14. The van der Waals surface area contributed by atoms with Crippen LogP contribution in [0.5, 0.6) is 0 Å². The van der Waals surface area contributed by atoms with Crippen molar-refractivity contribution in [2.75, 3.05) is 19.4 Å². The average Bonchev–Trinajstić information content (AvgIpc) is 2.00. The lowest BCUT2D eigenvalue weighted by atomic mass is 10.00. The monoisotopic (exact) mass is 238 g/mol. The van der Waals surface area contributed by atoms with Crippen molar-refractivity contribution in [1.29, 1.82) is 0 Å². The smallest absolute Gasteiger partial charge is 0.210 e. The highest BCUT2D eigenvalue weighted by atomic mass is 32.2. The zero-order chi connectivity index (χ0) is 12.1. The maximum atomic E-state index is 10.7. The molecule has 0 radical (unpaired) electrons. The molecule has 0 aromatic carbocycles. The van der Waals surface area contributed by atoms with Crippen LogP contribution in [0.1, 0.15) is 27.2 Å². The summed E-state index contributed by atoms with van der Waals surface area (Å²) in [6, 6.07) is 0.196. The van der Waals surface area contributed by atoms with Gasteiger partial charge in [0, 0.05) is 19.7 Å². The van der Waals surface area contributed by atoms with Crippen molar-refractivity contribution in [2.45, 2.75) is 38.8 Å². The largest absolute Gasteiger partial charge is 0.379 e. The predicted molar refractivity (Wildman–Crippen MR) is 61.1 cm³/mol. The molecule has 0 aromatic heterocycles. The molecule has 92 valence electrons. The van der Waals surface area contributed by atoms with Gasteiger partial charge in [-0.3, -0.25) is 0 Å². The fourth-order valence-electron chi connectivity index (χ4n) is 1.34. The van der Waals surface area contributed by atoms with Gasteiger partial charge in [-0.15, -0.1) is 0 Å². The normalized spacial score (nSPS) is 15.3. The minimum absolute atomic E-state index is 0.0370. The molecule has 0 saturated heterocycles. The molecule has 0 rings (SSSR count). The first-order chi connectivity index (χ1) is 6.66. The van der Waals surface area contributed by atoms with E-state index in [9.17, 15) is 8.42 Å². The summed E-state index contributed by atoms with van der Waals surface area (Å²) in [5.74, 6) is -0.0370. The summed E-state index contributed by atoms with van der Waals surface area (Å²) < 4.78 is 26.6. The third-order valence-electron chi connectivity index (χ3n) is 2.23. The van der Waals surface area contributed by atoms with Crippen molar-refractivity contribution in [3.63, 3.8) is 0 Å². The first-order valence-corrected chi connectivity index (χ1v) is 6.67. The second-order valence-electron chi connectivity index (χ2n) is 4.39. The fraction of sp³-hybridized carbons (Fsp3) is 1.00. The molecule has 0 aliphatic carbocycles. The van der Waals surface area contributed by atoms with E-state index in [1.54, 1.807) is 7.11 Å². The van der Waals surface area contributed by atoms with Crippen molar-refractivity contribution in [1.82, 2.24) is 5.32 Å². The van der Waals surface area contributed by atoms with Crippen LogP contribution in [0.15, 0.2) is 0 Å². The molecule has 0 saturated carbocycles. The molecule has 1 unspecified atom stereocenters. The Hall–Kier alpha value is -0.170. The van der Waals surface area contributed by atoms with Crippen molar-refractivity contribution >= 4 is 10.0 Å². The zero-order valence-corrected chi connectivity index (χ0v) is 10.7. The molecule has 0 amide bonds. The number of methoxy groups -OCH3 is 1. The molecule has 6 heteroatoms. The number of ether oxygens (including phenoxy) is 1. The SMILES string of the molecule is COC(C)(C)CC(C)NCCS(N)(=O)=O. The van der Waals surface area contributed by atoms with Crippen molar-refractivity contribution < 1.29 is 13.2 Å². The van der Waals surface area contributed by atoms with E-state index in [1.807, 2.05) is 20.8 Å². The van der Waals surface area contributed by atoms with Crippen LogP contribution in [0, 0.1) is 0 Å². The Morgan fingerprint density at radius 1 is 1.47 bits per heavy atom. The first kappa shape index (κ1) is 14.8. The Balaban J connectivity index is 3.81. The van der Waals surface area contributed by atoms with Crippen molar-refractivity contribution in [2.24, 2.45) is 5.14 Å². The Kier molecular flexibility index (Phi) is 5.72. The van der Waals surface area contributed by atoms with Crippen LogP contribution in [0.4, 0.5) is 0 Å². The number of sulfonamides is 1. The summed E-state index contributed by atoms with van der Waals surface area (Å²) in [5, 5.41) is 7.97. The predicted octanol–water partition coefficient (Wildman–Crippen LogP) is 0.0681. The molecule has 1 atom stereocenters. The maximum absolute atomic E-state index is 10.7. The third kappa shape index (κ3) is 8.80. The van der Waals surface area contributed by atoms with E-state index in [0.29, 0.717) is 6.54 Å². The van der Waals surface area contributed by atoms with Crippen LogP contribution in [-0.2, 0) is 14.8 Å². The second-order valence-corrected chi connectivity index (χ2v) is 6.12.